The van der Waals surface area contributed by atoms with Gasteiger partial charge in [-0.15, -0.1) is 0 Å². The molecule has 1 saturated heterocycles. The quantitative estimate of drug-likeness (QED) is 0.878. The summed E-state index contributed by atoms with van der Waals surface area (Å²) in [6, 6.07) is 0.302. The predicted octanol–water partition coefficient (Wildman–Crippen LogP) is 2.81. The fraction of sp³-hybridized carbons (Fsp3) is 0.800. The number of ether oxygens (including phenoxy) is 1. The summed E-state index contributed by atoms with van der Waals surface area (Å²) in [5.74, 6) is 0.594. The first-order valence-electron chi connectivity index (χ1n) is 7.65. The molecule has 1 aromatic heterocycles. The fourth-order valence-corrected chi connectivity index (χ4v) is 3.28. The minimum absolute atomic E-state index is 0.270. The molecular formula is C15H26ClN3O. The molecule has 1 aromatic rings. The highest BCUT2D eigenvalue weighted by molar-refractivity contribution is 6.31. The topological polar surface area (TPSA) is 39.1 Å². The summed E-state index contributed by atoms with van der Waals surface area (Å²) < 4.78 is 7.95. The number of aromatic nitrogens is 2. The molecule has 0 aliphatic carbocycles. The van der Waals surface area contributed by atoms with Crippen molar-refractivity contribution >= 4 is 11.6 Å². The van der Waals surface area contributed by atoms with Crippen LogP contribution in [0.3, 0.4) is 0 Å². The second-order valence-corrected chi connectivity index (χ2v) is 6.01. The van der Waals surface area contributed by atoms with Crippen LogP contribution in [0.2, 0.25) is 5.02 Å². The summed E-state index contributed by atoms with van der Waals surface area (Å²) in [6.07, 6.45) is 2.29. The van der Waals surface area contributed by atoms with Crippen molar-refractivity contribution in [3.8, 4) is 0 Å². The number of hydrogen-bond donors (Lipinski definition) is 1. The van der Waals surface area contributed by atoms with E-state index in [9.17, 15) is 0 Å². The van der Waals surface area contributed by atoms with Gasteiger partial charge in [-0.2, -0.15) is 5.10 Å². The van der Waals surface area contributed by atoms with Gasteiger partial charge in [-0.05, 0) is 32.7 Å². The molecule has 2 rings (SSSR count). The van der Waals surface area contributed by atoms with Gasteiger partial charge < -0.3 is 10.1 Å². The first kappa shape index (κ1) is 15.8. The summed E-state index contributed by atoms with van der Waals surface area (Å²) in [4.78, 5) is 0. The molecule has 3 unspecified atom stereocenters. The van der Waals surface area contributed by atoms with E-state index in [1.165, 1.54) is 0 Å². The fourth-order valence-electron chi connectivity index (χ4n) is 3.07. The summed E-state index contributed by atoms with van der Waals surface area (Å²) in [7, 11) is 0. The Labute approximate surface area is 126 Å². The number of likely N-dealkylation sites (N-methyl/N-ethyl adjacent to an activating group) is 1. The molecule has 0 spiro atoms. The molecule has 1 aliphatic heterocycles. The average molecular weight is 300 g/mol. The first-order chi connectivity index (χ1) is 9.58. The zero-order valence-corrected chi connectivity index (χ0v) is 13.7. The van der Waals surface area contributed by atoms with Gasteiger partial charge in [0.15, 0.2) is 0 Å². The predicted molar refractivity (Wildman–Crippen MR) is 82.3 cm³/mol. The van der Waals surface area contributed by atoms with E-state index in [4.69, 9.17) is 16.3 Å². The lowest BCUT2D eigenvalue weighted by molar-refractivity contribution is 0.0609. The number of nitrogens with zero attached hydrogens (tertiary/aromatic N) is 2. The SMILES string of the molecule is CCNC(Cc1c(Cl)c(C)nn1CC)C1OCCC1C. The first-order valence-corrected chi connectivity index (χ1v) is 8.03. The van der Waals surface area contributed by atoms with Crippen molar-refractivity contribution in [1.82, 2.24) is 15.1 Å². The third kappa shape index (κ3) is 3.18. The lowest BCUT2D eigenvalue weighted by Gasteiger charge is -2.27. The van der Waals surface area contributed by atoms with Gasteiger partial charge in [-0.25, -0.2) is 0 Å². The second kappa shape index (κ2) is 6.92. The van der Waals surface area contributed by atoms with Crippen LogP contribution in [0.4, 0.5) is 0 Å². The highest BCUT2D eigenvalue weighted by Crippen LogP contribution is 2.27. The summed E-state index contributed by atoms with van der Waals surface area (Å²) in [5.41, 5.74) is 2.04. The number of aryl methyl sites for hydroxylation is 2. The van der Waals surface area contributed by atoms with Crippen LogP contribution >= 0.6 is 11.6 Å². The van der Waals surface area contributed by atoms with Crippen molar-refractivity contribution in [2.24, 2.45) is 5.92 Å². The minimum atomic E-state index is 0.270. The lowest BCUT2D eigenvalue weighted by Crippen LogP contribution is -2.44. The maximum absolute atomic E-state index is 6.43. The van der Waals surface area contributed by atoms with Crippen LogP contribution in [0.5, 0.6) is 0 Å². The van der Waals surface area contributed by atoms with E-state index in [0.717, 1.165) is 48.9 Å². The Morgan fingerprint density at radius 2 is 2.25 bits per heavy atom. The molecule has 4 nitrogen and oxygen atoms in total. The molecule has 20 heavy (non-hydrogen) atoms. The van der Waals surface area contributed by atoms with Crippen molar-refractivity contribution < 1.29 is 4.74 Å². The molecule has 0 aromatic carbocycles. The van der Waals surface area contributed by atoms with Gasteiger partial charge in [0.2, 0.25) is 0 Å². The molecule has 3 atom stereocenters. The van der Waals surface area contributed by atoms with Gasteiger partial charge in [0, 0.05) is 25.6 Å². The van der Waals surface area contributed by atoms with Gasteiger partial charge in [-0.3, -0.25) is 4.68 Å². The van der Waals surface area contributed by atoms with E-state index >= 15 is 0 Å². The van der Waals surface area contributed by atoms with E-state index in [-0.39, 0.29) is 6.10 Å². The van der Waals surface area contributed by atoms with Crippen molar-refractivity contribution in [3.63, 3.8) is 0 Å². The highest BCUT2D eigenvalue weighted by atomic mass is 35.5. The Morgan fingerprint density at radius 3 is 2.80 bits per heavy atom. The van der Waals surface area contributed by atoms with Crippen molar-refractivity contribution in [2.45, 2.75) is 59.2 Å². The van der Waals surface area contributed by atoms with Crippen LogP contribution in [0.25, 0.3) is 0 Å². The third-order valence-electron chi connectivity index (χ3n) is 4.17. The van der Waals surface area contributed by atoms with E-state index in [2.05, 4.69) is 31.2 Å². The third-order valence-corrected chi connectivity index (χ3v) is 4.66. The van der Waals surface area contributed by atoms with Crippen molar-refractivity contribution in [1.29, 1.82) is 0 Å². The van der Waals surface area contributed by atoms with Gasteiger partial charge >= 0.3 is 0 Å². The number of nitrogens with one attached hydrogen (secondary N) is 1. The Hall–Kier alpha value is -0.580. The Balaban J connectivity index is 2.19. The van der Waals surface area contributed by atoms with Crippen LogP contribution in [-0.4, -0.2) is 35.1 Å². The maximum Gasteiger partial charge on any atom is 0.0847 e. The molecular weight excluding hydrogens is 274 g/mol. The van der Waals surface area contributed by atoms with Crippen LogP contribution in [0, 0.1) is 12.8 Å². The van der Waals surface area contributed by atoms with E-state index in [1.807, 2.05) is 11.6 Å². The summed E-state index contributed by atoms with van der Waals surface area (Å²) >= 11 is 6.43. The normalized spacial score (nSPS) is 24.2. The van der Waals surface area contributed by atoms with Crippen molar-refractivity contribution in [2.75, 3.05) is 13.2 Å². The zero-order chi connectivity index (χ0) is 14.7. The smallest absolute Gasteiger partial charge is 0.0847 e. The number of halogens is 1. The van der Waals surface area contributed by atoms with Gasteiger partial charge in [-0.1, -0.05) is 25.4 Å². The Kier molecular flexibility index (Phi) is 5.47. The lowest BCUT2D eigenvalue weighted by atomic mass is 9.94. The van der Waals surface area contributed by atoms with Crippen LogP contribution in [0.1, 0.15) is 38.6 Å². The Morgan fingerprint density at radius 1 is 1.50 bits per heavy atom. The van der Waals surface area contributed by atoms with E-state index in [0.29, 0.717) is 12.0 Å². The van der Waals surface area contributed by atoms with Crippen LogP contribution in [0.15, 0.2) is 0 Å². The highest BCUT2D eigenvalue weighted by Gasteiger charge is 2.33. The average Bonchev–Trinajstić information content (AvgIpc) is 2.96. The standard InChI is InChI=1S/C15H26ClN3O/c1-5-17-12(15-10(3)7-8-20-15)9-13-14(16)11(4)18-19(13)6-2/h10,12,15,17H,5-9H2,1-4H3. The number of rotatable bonds is 6. The summed E-state index contributed by atoms with van der Waals surface area (Å²) in [6.45, 7) is 11.1. The molecule has 5 heteroatoms. The van der Waals surface area contributed by atoms with Crippen LogP contribution in [-0.2, 0) is 17.7 Å². The monoisotopic (exact) mass is 299 g/mol. The van der Waals surface area contributed by atoms with Crippen LogP contribution < -0.4 is 5.32 Å². The second-order valence-electron chi connectivity index (χ2n) is 5.63. The van der Waals surface area contributed by atoms with Gasteiger partial charge in [0.05, 0.1) is 22.5 Å². The molecule has 1 fully saturated rings. The minimum Gasteiger partial charge on any atom is -0.376 e. The van der Waals surface area contributed by atoms with Gasteiger partial charge in [0.25, 0.3) is 0 Å². The molecule has 1 N–H and O–H groups in total. The van der Waals surface area contributed by atoms with E-state index in [1.54, 1.807) is 0 Å². The van der Waals surface area contributed by atoms with E-state index < -0.39 is 0 Å². The molecule has 0 saturated carbocycles. The molecule has 0 amide bonds. The van der Waals surface area contributed by atoms with Crippen molar-refractivity contribution in [3.05, 3.63) is 16.4 Å². The molecule has 1 aliphatic rings. The molecule has 0 bridgehead atoms. The zero-order valence-electron chi connectivity index (χ0n) is 12.9. The molecule has 2 heterocycles. The Bertz CT molecular complexity index is 447. The number of hydrogen-bond acceptors (Lipinski definition) is 3. The summed E-state index contributed by atoms with van der Waals surface area (Å²) in [5, 5.41) is 8.88. The molecule has 0 radical (unpaired) electrons. The maximum atomic E-state index is 6.43. The molecule has 114 valence electrons. The van der Waals surface area contributed by atoms with Gasteiger partial charge in [0.1, 0.15) is 0 Å². The largest absolute Gasteiger partial charge is 0.376 e.